The van der Waals surface area contributed by atoms with Crippen LogP contribution in [0.1, 0.15) is 55.4 Å². The van der Waals surface area contributed by atoms with Crippen LogP contribution in [0.2, 0.25) is 0 Å². The SMILES string of the molecule is CC(C)COC(=O)c1ccc(N2C(=O)C(O)=C(C(=O)CC(C)C)C2c2cccs2)cc1. The van der Waals surface area contributed by atoms with Crippen molar-refractivity contribution in [1.29, 1.82) is 0 Å². The zero-order chi connectivity index (χ0) is 22.7. The van der Waals surface area contributed by atoms with Crippen molar-refractivity contribution >= 4 is 34.7 Å². The first kappa shape index (κ1) is 22.7. The molecule has 1 aliphatic rings. The number of anilines is 1. The summed E-state index contributed by atoms with van der Waals surface area (Å²) in [4.78, 5) is 40.3. The van der Waals surface area contributed by atoms with Gasteiger partial charge in [0.1, 0.15) is 6.04 Å². The van der Waals surface area contributed by atoms with Crippen molar-refractivity contribution in [2.24, 2.45) is 11.8 Å². The zero-order valence-electron chi connectivity index (χ0n) is 18.1. The van der Waals surface area contributed by atoms with E-state index in [9.17, 15) is 19.5 Å². The molecule has 31 heavy (non-hydrogen) atoms. The Bertz CT molecular complexity index is 989. The predicted octanol–water partition coefficient (Wildman–Crippen LogP) is 5.08. The Morgan fingerprint density at radius 2 is 1.77 bits per heavy atom. The highest BCUT2D eigenvalue weighted by molar-refractivity contribution is 7.10. The second-order valence-corrected chi connectivity index (χ2v) is 9.39. The molecule has 2 heterocycles. The first-order valence-electron chi connectivity index (χ1n) is 10.3. The number of ether oxygens (including phenoxy) is 1. The molecule has 0 fully saturated rings. The molecule has 1 amide bonds. The summed E-state index contributed by atoms with van der Waals surface area (Å²) in [5, 5.41) is 12.5. The van der Waals surface area contributed by atoms with Crippen LogP contribution in [0.25, 0.3) is 0 Å². The van der Waals surface area contributed by atoms with Crippen LogP contribution in [0, 0.1) is 11.8 Å². The Kier molecular flexibility index (Phi) is 6.95. The molecule has 0 spiro atoms. The molecule has 164 valence electrons. The summed E-state index contributed by atoms with van der Waals surface area (Å²) in [7, 11) is 0. The first-order valence-corrected chi connectivity index (χ1v) is 11.2. The number of thiophene rings is 1. The van der Waals surface area contributed by atoms with Gasteiger partial charge < -0.3 is 9.84 Å². The maximum atomic E-state index is 13.0. The number of aliphatic hydroxyl groups is 1. The van der Waals surface area contributed by atoms with Crippen molar-refractivity contribution in [1.82, 2.24) is 0 Å². The maximum Gasteiger partial charge on any atom is 0.338 e. The lowest BCUT2D eigenvalue weighted by Crippen LogP contribution is -2.30. The van der Waals surface area contributed by atoms with Crippen molar-refractivity contribution in [3.63, 3.8) is 0 Å². The molecule has 0 saturated carbocycles. The zero-order valence-corrected chi connectivity index (χ0v) is 18.9. The summed E-state index contributed by atoms with van der Waals surface area (Å²) in [6.07, 6.45) is 0.239. The fraction of sp³-hybridized carbons (Fsp3) is 0.375. The van der Waals surface area contributed by atoms with E-state index in [0.29, 0.717) is 17.9 Å². The summed E-state index contributed by atoms with van der Waals surface area (Å²) in [6.45, 7) is 8.07. The summed E-state index contributed by atoms with van der Waals surface area (Å²) >= 11 is 1.41. The standard InChI is InChI=1S/C24H27NO5S/c1-14(2)12-18(26)20-21(19-6-5-11-31-19)25(23(28)22(20)27)17-9-7-16(8-10-17)24(29)30-13-15(3)4/h5-11,14-15,21,27H,12-13H2,1-4H3. The minimum Gasteiger partial charge on any atom is -0.503 e. The van der Waals surface area contributed by atoms with E-state index in [2.05, 4.69) is 0 Å². The number of nitrogens with zero attached hydrogens (tertiary/aromatic N) is 1. The van der Waals surface area contributed by atoms with Crippen LogP contribution in [0.5, 0.6) is 0 Å². The summed E-state index contributed by atoms with van der Waals surface area (Å²) < 4.78 is 5.25. The molecule has 0 aliphatic carbocycles. The van der Waals surface area contributed by atoms with Gasteiger partial charge in [0.2, 0.25) is 0 Å². The molecule has 1 N–H and O–H groups in total. The average Bonchev–Trinajstić information content (AvgIpc) is 3.33. The van der Waals surface area contributed by atoms with Gasteiger partial charge in [-0.3, -0.25) is 14.5 Å². The number of hydrogen-bond acceptors (Lipinski definition) is 6. The third-order valence-corrected chi connectivity index (χ3v) is 5.77. The normalized spacial score (nSPS) is 16.5. The quantitative estimate of drug-likeness (QED) is 0.578. The number of esters is 1. The van der Waals surface area contributed by atoms with Crippen molar-refractivity contribution in [2.45, 2.75) is 40.2 Å². The van der Waals surface area contributed by atoms with Gasteiger partial charge in [-0.2, -0.15) is 0 Å². The Labute approximate surface area is 186 Å². The van der Waals surface area contributed by atoms with Crippen LogP contribution in [0.15, 0.2) is 53.1 Å². The van der Waals surface area contributed by atoms with E-state index in [4.69, 9.17) is 4.74 Å². The van der Waals surface area contributed by atoms with Crippen molar-refractivity contribution < 1.29 is 24.2 Å². The van der Waals surface area contributed by atoms with Gasteiger partial charge in [0.25, 0.3) is 5.91 Å². The highest BCUT2D eigenvalue weighted by Crippen LogP contribution is 2.43. The van der Waals surface area contributed by atoms with E-state index in [1.54, 1.807) is 24.3 Å². The molecule has 6 nitrogen and oxygen atoms in total. The van der Waals surface area contributed by atoms with Gasteiger partial charge in [0, 0.05) is 17.0 Å². The van der Waals surface area contributed by atoms with Crippen LogP contribution in [-0.2, 0) is 14.3 Å². The van der Waals surface area contributed by atoms with E-state index < -0.39 is 23.7 Å². The smallest absolute Gasteiger partial charge is 0.338 e. The second-order valence-electron chi connectivity index (χ2n) is 8.42. The van der Waals surface area contributed by atoms with E-state index in [1.807, 2.05) is 45.2 Å². The molecule has 1 aromatic heterocycles. The van der Waals surface area contributed by atoms with Gasteiger partial charge >= 0.3 is 5.97 Å². The number of Topliss-reactive ketones (excluding diaryl/α,β-unsaturated/α-hetero) is 1. The minimum atomic E-state index is -0.697. The fourth-order valence-corrected chi connectivity index (χ4v) is 4.26. The van der Waals surface area contributed by atoms with Crippen molar-refractivity contribution in [3.8, 4) is 0 Å². The molecule has 0 bridgehead atoms. The molecule has 0 radical (unpaired) electrons. The number of benzene rings is 1. The van der Waals surface area contributed by atoms with Crippen LogP contribution in [-0.4, -0.2) is 29.4 Å². The molecule has 7 heteroatoms. The number of aliphatic hydroxyl groups excluding tert-OH is 1. The summed E-state index contributed by atoms with van der Waals surface area (Å²) in [5.41, 5.74) is 0.987. The monoisotopic (exact) mass is 441 g/mol. The number of carbonyl (C=O) groups excluding carboxylic acids is 3. The lowest BCUT2D eigenvalue weighted by molar-refractivity contribution is -0.118. The third kappa shape index (κ3) is 4.88. The van der Waals surface area contributed by atoms with E-state index in [0.717, 1.165) is 4.88 Å². The number of ketones is 1. The van der Waals surface area contributed by atoms with Crippen LogP contribution >= 0.6 is 11.3 Å². The topological polar surface area (TPSA) is 83.9 Å². The van der Waals surface area contributed by atoms with Gasteiger partial charge in [-0.1, -0.05) is 33.8 Å². The number of rotatable bonds is 8. The van der Waals surface area contributed by atoms with Gasteiger partial charge in [0.05, 0.1) is 17.7 Å². The predicted molar refractivity (Wildman–Crippen MR) is 120 cm³/mol. The molecule has 1 atom stereocenters. The second kappa shape index (κ2) is 9.47. The Balaban J connectivity index is 1.94. The Hall–Kier alpha value is -2.93. The molecule has 1 aliphatic heterocycles. The molecular weight excluding hydrogens is 414 g/mol. The van der Waals surface area contributed by atoms with Crippen molar-refractivity contribution in [3.05, 3.63) is 63.6 Å². The first-order chi connectivity index (χ1) is 14.7. The van der Waals surface area contributed by atoms with E-state index in [1.165, 1.54) is 16.2 Å². The highest BCUT2D eigenvalue weighted by Gasteiger charge is 2.44. The number of amides is 1. The van der Waals surface area contributed by atoms with Crippen molar-refractivity contribution in [2.75, 3.05) is 11.5 Å². The minimum absolute atomic E-state index is 0.0945. The number of hydrogen-bond donors (Lipinski definition) is 1. The number of carbonyl (C=O) groups is 3. The molecular formula is C24H27NO5S. The fourth-order valence-electron chi connectivity index (χ4n) is 3.44. The summed E-state index contributed by atoms with van der Waals surface area (Å²) in [5.74, 6) is -1.48. The lowest BCUT2D eigenvalue weighted by atomic mass is 9.95. The Morgan fingerprint density at radius 3 is 2.32 bits per heavy atom. The summed E-state index contributed by atoms with van der Waals surface area (Å²) in [6, 6.07) is 9.42. The molecule has 2 aromatic rings. The van der Waals surface area contributed by atoms with Crippen LogP contribution in [0.4, 0.5) is 5.69 Å². The average molecular weight is 442 g/mol. The molecule has 1 aromatic carbocycles. The van der Waals surface area contributed by atoms with Gasteiger partial charge in [-0.25, -0.2) is 4.79 Å². The maximum absolute atomic E-state index is 13.0. The van der Waals surface area contributed by atoms with Gasteiger partial charge in [0.15, 0.2) is 11.5 Å². The third-order valence-electron chi connectivity index (χ3n) is 4.84. The molecule has 3 rings (SSSR count). The lowest BCUT2D eigenvalue weighted by Gasteiger charge is -2.26. The van der Waals surface area contributed by atoms with E-state index >= 15 is 0 Å². The van der Waals surface area contributed by atoms with Crippen LogP contribution < -0.4 is 4.90 Å². The van der Waals surface area contributed by atoms with Crippen LogP contribution in [0.3, 0.4) is 0 Å². The molecule has 1 unspecified atom stereocenters. The van der Waals surface area contributed by atoms with Gasteiger partial charge in [-0.15, -0.1) is 11.3 Å². The largest absolute Gasteiger partial charge is 0.503 e. The highest BCUT2D eigenvalue weighted by atomic mass is 32.1. The molecule has 0 saturated heterocycles. The van der Waals surface area contributed by atoms with Gasteiger partial charge in [-0.05, 0) is 47.5 Å². The van der Waals surface area contributed by atoms with E-state index in [-0.39, 0.29) is 29.6 Å². The Morgan fingerprint density at radius 1 is 1.10 bits per heavy atom.